The summed E-state index contributed by atoms with van der Waals surface area (Å²) in [5.74, 6) is 1.89. The zero-order valence-electron chi connectivity index (χ0n) is 17.1. The maximum absolute atomic E-state index is 12.7. The monoisotopic (exact) mass is 425 g/mol. The summed E-state index contributed by atoms with van der Waals surface area (Å²) in [7, 11) is -3.82. The Labute approximate surface area is 177 Å². The second kappa shape index (κ2) is 7.17. The fourth-order valence-electron chi connectivity index (χ4n) is 6.25. The summed E-state index contributed by atoms with van der Waals surface area (Å²) < 4.78 is 24.9. The number of hydrazine groups is 1. The van der Waals surface area contributed by atoms with Gasteiger partial charge in [0.25, 0.3) is 15.9 Å². The molecule has 30 heavy (non-hydrogen) atoms. The predicted molar refractivity (Wildman–Crippen MR) is 113 cm³/mol. The third-order valence-corrected chi connectivity index (χ3v) is 8.50. The highest BCUT2D eigenvalue weighted by molar-refractivity contribution is 7.89. The number of nitrogens with zero attached hydrogens (tertiary/aromatic N) is 1. The molecule has 158 valence electrons. The van der Waals surface area contributed by atoms with Crippen LogP contribution in [0.2, 0.25) is 0 Å². The van der Waals surface area contributed by atoms with Crippen LogP contribution in [0.4, 0.5) is 0 Å². The van der Waals surface area contributed by atoms with Crippen molar-refractivity contribution in [3.8, 4) is 0 Å². The van der Waals surface area contributed by atoms with Crippen LogP contribution in [0, 0.1) is 24.7 Å². The lowest BCUT2D eigenvalue weighted by Crippen LogP contribution is -2.49. The Balaban J connectivity index is 1.32. The van der Waals surface area contributed by atoms with Crippen LogP contribution in [0.1, 0.15) is 60.1 Å². The number of pyridine rings is 1. The Morgan fingerprint density at radius 2 is 1.60 bits per heavy atom. The number of aryl methyl sites for hydroxylation is 1. The van der Waals surface area contributed by atoms with Crippen molar-refractivity contribution in [2.45, 2.75) is 55.8 Å². The first-order valence-electron chi connectivity index (χ1n) is 10.7. The van der Waals surface area contributed by atoms with Crippen LogP contribution in [0.5, 0.6) is 0 Å². The molecule has 2 N–H and O–H groups in total. The zero-order chi connectivity index (χ0) is 20.9. The number of hydrogen-bond donors (Lipinski definition) is 2. The summed E-state index contributed by atoms with van der Waals surface area (Å²) in [5.41, 5.74) is 4.83. The van der Waals surface area contributed by atoms with Gasteiger partial charge in [-0.05, 0) is 87.5 Å². The SMILES string of the molecule is Cc1ccc(S(=O)(=O)NNC(=O)c2ccnc(C34CC5CC(CC(C5)C3)C4)c2)cc1. The van der Waals surface area contributed by atoms with Crippen molar-refractivity contribution in [2.75, 3.05) is 0 Å². The molecule has 4 bridgehead atoms. The van der Waals surface area contributed by atoms with Gasteiger partial charge in [-0.25, -0.2) is 8.42 Å². The fraction of sp³-hybridized carbons (Fsp3) is 0.478. The minimum atomic E-state index is -3.82. The van der Waals surface area contributed by atoms with Gasteiger partial charge in [0.05, 0.1) is 4.90 Å². The Morgan fingerprint density at radius 3 is 2.20 bits per heavy atom. The molecule has 0 aliphatic heterocycles. The Morgan fingerprint density at radius 1 is 1.00 bits per heavy atom. The smallest absolute Gasteiger partial charge is 0.266 e. The second-order valence-corrected chi connectivity index (χ2v) is 11.2. The van der Waals surface area contributed by atoms with Gasteiger partial charge >= 0.3 is 0 Å². The summed E-state index contributed by atoms with van der Waals surface area (Å²) in [6, 6.07) is 9.97. The highest BCUT2D eigenvalue weighted by atomic mass is 32.2. The van der Waals surface area contributed by atoms with Crippen LogP contribution < -0.4 is 10.3 Å². The number of rotatable bonds is 5. The van der Waals surface area contributed by atoms with Crippen LogP contribution in [-0.4, -0.2) is 19.3 Å². The van der Waals surface area contributed by atoms with Crippen LogP contribution in [0.3, 0.4) is 0 Å². The minimum absolute atomic E-state index is 0.0897. The molecule has 7 heteroatoms. The maximum Gasteiger partial charge on any atom is 0.266 e. The Hall–Kier alpha value is -2.25. The molecular formula is C23H27N3O3S. The number of carbonyl (C=O) groups is 1. The molecule has 0 radical (unpaired) electrons. The summed E-state index contributed by atoms with van der Waals surface area (Å²) in [6.07, 6.45) is 9.21. The number of nitrogens with one attached hydrogen (secondary N) is 2. The van der Waals surface area contributed by atoms with Gasteiger partial charge < -0.3 is 0 Å². The molecule has 0 atom stereocenters. The predicted octanol–water partition coefficient (Wildman–Crippen LogP) is 3.48. The van der Waals surface area contributed by atoms with Gasteiger partial charge in [-0.15, -0.1) is 4.83 Å². The largest absolute Gasteiger partial charge is 0.273 e. The third kappa shape index (κ3) is 3.54. The zero-order valence-corrected chi connectivity index (χ0v) is 17.9. The Bertz CT molecular complexity index is 1040. The van der Waals surface area contributed by atoms with E-state index in [0.29, 0.717) is 5.56 Å². The molecule has 4 aliphatic carbocycles. The summed E-state index contributed by atoms with van der Waals surface area (Å²) in [4.78, 5) is 19.7. The van der Waals surface area contributed by atoms with E-state index in [1.165, 1.54) is 31.4 Å². The van der Waals surface area contributed by atoms with Gasteiger partial charge in [-0.1, -0.05) is 17.7 Å². The van der Waals surface area contributed by atoms with E-state index in [1.807, 2.05) is 13.0 Å². The fourth-order valence-corrected chi connectivity index (χ4v) is 7.09. The molecule has 6 nitrogen and oxygen atoms in total. The molecule has 1 amide bonds. The number of benzene rings is 1. The average Bonchev–Trinajstić information content (AvgIpc) is 2.71. The average molecular weight is 426 g/mol. The summed E-state index contributed by atoms with van der Waals surface area (Å²) in [6.45, 7) is 1.89. The molecule has 0 spiro atoms. The lowest BCUT2D eigenvalue weighted by atomic mass is 9.48. The molecule has 0 unspecified atom stereocenters. The molecular weight excluding hydrogens is 398 g/mol. The molecule has 1 aromatic heterocycles. The van der Waals surface area contributed by atoms with Gasteiger partial charge in [0, 0.05) is 22.9 Å². The van der Waals surface area contributed by atoms with Crippen molar-refractivity contribution in [2.24, 2.45) is 17.8 Å². The second-order valence-electron chi connectivity index (χ2n) is 9.50. The van der Waals surface area contributed by atoms with E-state index >= 15 is 0 Å². The first-order chi connectivity index (χ1) is 14.3. The van der Waals surface area contributed by atoms with Crippen LogP contribution in [-0.2, 0) is 15.4 Å². The molecule has 0 saturated heterocycles. The van der Waals surface area contributed by atoms with Gasteiger partial charge in [0.1, 0.15) is 0 Å². The van der Waals surface area contributed by atoms with Crippen molar-refractivity contribution in [3.63, 3.8) is 0 Å². The Kier molecular flexibility index (Phi) is 4.71. The molecule has 6 rings (SSSR count). The van der Waals surface area contributed by atoms with Crippen molar-refractivity contribution in [1.82, 2.24) is 15.2 Å². The van der Waals surface area contributed by atoms with Gasteiger partial charge in [0.2, 0.25) is 0 Å². The molecule has 4 aliphatic rings. The minimum Gasteiger partial charge on any atom is -0.273 e. The third-order valence-electron chi connectivity index (χ3n) is 7.23. The number of carbonyl (C=O) groups excluding carboxylic acids is 1. The van der Waals surface area contributed by atoms with Crippen molar-refractivity contribution in [3.05, 3.63) is 59.4 Å². The topological polar surface area (TPSA) is 88.2 Å². The lowest BCUT2D eigenvalue weighted by molar-refractivity contribution is -0.00722. The standard InChI is InChI=1S/C23H27N3O3S/c1-15-2-4-20(5-3-15)30(28,29)26-25-22(27)19-6-7-24-21(11-19)23-12-16-8-17(13-23)10-18(9-16)14-23/h2-7,11,16-18,26H,8-10,12-14H2,1H3,(H,25,27). The van der Waals surface area contributed by atoms with E-state index in [9.17, 15) is 13.2 Å². The number of amides is 1. The van der Waals surface area contributed by atoms with E-state index in [1.54, 1.807) is 24.4 Å². The van der Waals surface area contributed by atoms with Crippen molar-refractivity contribution >= 4 is 15.9 Å². The van der Waals surface area contributed by atoms with E-state index in [0.717, 1.165) is 48.3 Å². The molecule has 1 aromatic carbocycles. The molecule has 4 fully saturated rings. The summed E-state index contributed by atoms with van der Waals surface area (Å²) >= 11 is 0. The van der Waals surface area contributed by atoms with Crippen LogP contribution in [0.15, 0.2) is 47.5 Å². The van der Waals surface area contributed by atoms with Gasteiger partial charge in [-0.3, -0.25) is 15.2 Å². The quantitative estimate of drug-likeness (QED) is 0.718. The van der Waals surface area contributed by atoms with Gasteiger partial charge in [-0.2, -0.15) is 0 Å². The molecule has 4 saturated carbocycles. The number of hydrogen-bond acceptors (Lipinski definition) is 4. The van der Waals surface area contributed by atoms with Gasteiger partial charge in [0.15, 0.2) is 0 Å². The maximum atomic E-state index is 12.7. The highest BCUT2D eigenvalue weighted by Gasteiger charge is 2.52. The summed E-state index contributed by atoms with van der Waals surface area (Å²) in [5, 5.41) is 0. The lowest BCUT2D eigenvalue weighted by Gasteiger charge is -2.56. The molecule has 1 heterocycles. The van der Waals surface area contributed by atoms with E-state index in [2.05, 4.69) is 15.2 Å². The first kappa shape index (κ1) is 19.7. The van der Waals surface area contributed by atoms with Crippen molar-refractivity contribution < 1.29 is 13.2 Å². The van der Waals surface area contributed by atoms with E-state index in [4.69, 9.17) is 0 Å². The van der Waals surface area contributed by atoms with Crippen LogP contribution in [0.25, 0.3) is 0 Å². The normalized spacial score (nSPS) is 29.7. The van der Waals surface area contributed by atoms with E-state index in [-0.39, 0.29) is 10.3 Å². The number of aromatic nitrogens is 1. The highest BCUT2D eigenvalue weighted by Crippen LogP contribution is 2.60. The molecule has 2 aromatic rings. The number of sulfonamides is 1. The van der Waals surface area contributed by atoms with E-state index < -0.39 is 15.9 Å². The van der Waals surface area contributed by atoms with Crippen molar-refractivity contribution in [1.29, 1.82) is 0 Å². The first-order valence-corrected chi connectivity index (χ1v) is 12.2. The van der Waals surface area contributed by atoms with Crippen LogP contribution >= 0.6 is 0 Å².